The summed E-state index contributed by atoms with van der Waals surface area (Å²) in [4.78, 5) is 25.9. The Hall–Kier alpha value is -2.15. The number of carboxylic acid groups (broad SMARTS) is 1. The number of aryl methyl sites for hydroxylation is 1. The van der Waals surface area contributed by atoms with E-state index in [4.69, 9.17) is 10.2 Å². The van der Waals surface area contributed by atoms with Gasteiger partial charge >= 0.3 is 12.0 Å². The van der Waals surface area contributed by atoms with Crippen LogP contribution in [0, 0.1) is 6.92 Å². The first-order chi connectivity index (χ1) is 8.54. The van der Waals surface area contributed by atoms with Gasteiger partial charge in [0.25, 0.3) is 0 Å². The van der Waals surface area contributed by atoms with Gasteiger partial charge in [-0.3, -0.25) is 4.98 Å². The van der Waals surface area contributed by atoms with Crippen molar-refractivity contribution in [1.29, 1.82) is 0 Å². The molecule has 0 aliphatic carbocycles. The second kappa shape index (κ2) is 6.55. The molecule has 0 unspecified atom stereocenters. The van der Waals surface area contributed by atoms with Crippen LogP contribution in [0.2, 0.25) is 0 Å². The number of aliphatic hydroxyl groups is 1. The van der Waals surface area contributed by atoms with Gasteiger partial charge in [0.05, 0.1) is 6.61 Å². The zero-order chi connectivity index (χ0) is 13.5. The van der Waals surface area contributed by atoms with Gasteiger partial charge in [-0.2, -0.15) is 0 Å². The molecule has 1 rings (SSSR count). The number of hydrogen-bond donors (Lipinski definition) is 4. The lowest BCUT2D eigenvalue weighted by molar-refractivity contribution is -0.140. The van der Waals surface area contributed by atoms with Crippen LogP contribution in [0.15, 0.2) is 18.5 Å². The Balaban J connectivity index is 2.47. The van der Waals surface area contributed by atoms with Gasteiger partial charge in [0, 0.05) is 18.9 Å². The maximum atomic E-state index is 11.4. The van der Waals surface area contributed by atoms with Gasteiger partial charge in [0.2, 0.25) is 0 Å². The minimum absolute atomic E-state index is 0.262. The topological polar surface area (TPSA) is 112 Å². The summed E-state index contributed by atoms with van der Waals surface area (Å²) in [5, 5.41) is 22.0. The molecule has 1 atom stereocenters. The highest BCUT2D eigenvalue weighted by Gasteiger charge is 2.18. The lowest BCUT2D eigenvalue weighted by Gasteiger charge is -2.13. The third-order valence-electron chi connectivity index (χ3n) is 2.36. The van der Waals surface area contributed by atoms with Crippen LogP contribution in [-0.4, -0.2) is 39.8 Å². The average Bonchev–Trinajstić information content (AvgIpc) is 2.34. The Kier molecular flexibility index (Phi) is 5.06. The van der Waals surface area contributed by atoms with E-state index in [1.54, 1.807) is 18.5 Å². The fourth-order valence-electron chi connectivity index (χ4n) is 1.27. The maximum Gasteiger partial charge on any atom is 0.328 e. The highest BCUT2D eigenvalue weighted by atomic mass is 16.4. The third kappa shape index (κ3) is 4.02. The minimum Gasteiger partial charge on any atom is -0.480 e. The van der Waals surface area contributed by atoms with Gasteiger partial charge in [0.15, 0.2) is 6.04 Å². The second-order valence-electron chi connectivity index (χ2n) is 3.70. The molecule has 2 amide bonds. The van der Waals surface area contributed by atoms with Gasteiger partial charge in [-0.05, 0) is 24.1 Å². The first-order valence-corrected chi connectivity index (χ1v) is 5.32. The number of aromatic nitrogens is 1. The second-order valence-corrected chi connectivity index (χ2v) is 3.70. The van der Waals surface area contributed by atoms with E-state index in [1.165, 1.54) is 0 Å². The van der Waals surface area contributed by atoms with Gasteiger partial charge in [0.1, 0.15) is 0 Å². The van der Waals surface area contributed by atoms with Gasteiger partial charge < -0.3 is 20.8 Å². The SMILES string of the molecule is Cc1cnccc1CNC(=O)N[C@H](CO)C(=O)O. The number of hydrogen-bond acceptors (Lipinski definition) is 4. The number of rotatable bonds is 5. The highest BCUT2D eigenvalue weighted by Crippen LogP contribution is 2.03. The number of amides is 2. The average molecular weight is 253 g/mol. The van der Waals surface area contributed by atoms with Crippen molar-refractivity contribution in [3.8, 4) is 0 Å². The Bertz CT molecular complexity index is 436. The largest absolute Gasteiger partial charge is 0.480 e. The van der Waals surface area contributed by atoms with Crippen molar-refractivity contribution in [2.45, 2.75) is 19.5 Å². The van der Waals surface area contributed by atoms with E-state index in [-0.39, 0.29) is 6.54 Å². The molecule has 98 valence electrons. The number of carbonyl (C=O) groups is 2. The summed E-state index contributed by atoms with van der Waals surface area (Å²) < 4.78 is 0. The van der Waals surface area contributed by atoms with Crippen LogP contribution in [0.3, 0.4) is 0 Å². The molecule has 0 aromatic carbocycles. The van der Waals surface area contributed by atoms with E-state index in [9.17, 15) is 9.59 Å². The Morgan fingerprint density at radius 2 is 2.22 bits per heavy atom. The number of pyridine rings is 1. The van der Waals surface area contributed by atoms with Crippen molar-refractivity contribution >= 4 is 12.0 Å². The van der Waals surface area contributed by atoms with E-state index in [0.717, 1.165) is 11.1 Å². The van der Waals surface area contributed by atoms with E-state index in [2.05, 4.69) is 15.6 Å². The summed E-state index contributed by atoms with van der Waals surface area (Å²) in [7, 11) is 0. The van der Waals surface area contributed by atoms with Crippen molar-refractivity contribution in [2.75, 3.05) is 6.61 Å². The Labute approximate surface area is 104 Å². The zero-order valence-electron chi connectivity index (χ0n) is 9.88. The first-order valence-electron chi connectivity index (χ1n) is 5.32. The van der Waals surface area contributed by atoms with Crippen LogP contribution in [0.25, 0.3) is 0 Å². The first kappa shape index (κ1) is 13.9. The zero-order valence-corrected chi connectivity index (χ0v) is 9.88. The number of nitrogens with one attached hydrogen (secondary N) is 2. The summed E-state index contributed by atoms with van der Waals surface area (Å²) in [5.41, 5.74) is 1.81. The molecule has 18 heavy (non-hydrogen) atoms. The Morgan fingerprint density at radius 1 is 1.50 bits per heavy atom. The Morgan fingerprint density at radius 3 is 2.78 bits per heavy atom. The molecule has 0 aliphatic heterocycles. The van der Waals surface area contributed by atoms with Gasteiger partial charge in [-0.15, -0.1) is 0 Å². The molecule has 1 aromatic heterocycles. The van der Waals surface area contributed by atoms with Gasteiger partial charge in [-0.25, -0.2) is 9.59 Å². The normalized spacial score (nSPS) is 11.7. The van der Waals surface area contributed by atoms with E-state index < -0.39 is 24.6 Å². The van der Waals surface area contributed by atoms with E-state index in [1.807, 2.05) is 6.92 Å². The van der Waals surface area contributed by atoms with Crippen molar-refractivity contribution in [3.05, 3.63) is 29.6 Å². The lowest BCUT2D eigenvalue weighted by atomic mass is 10.1. The van der Waals surface area contributed by atoms with Crippen LogP contribution in [0.5, 0.6) is 0 Å². The predicted octanol–water partition coefficient (Wildman–Crippen LogP) is -0.365. The summed E-state index contributed by atoms with van der Waals surface area (Å²) in [6, 6.07) is -0.188. The molecule has 7 heteroatoms. The van der Waals surface area contributed by atoms with Crippen LogP contribution in [0.4, 0.5) is 4.79 Å². The minimum atomic E-state index is -1.30. The molecule has 0 radical (unpaired) electrons. The van der Waals surface area contributed by atoms with Crippen LogP contribution >= 0.6 is 0 Å². The molecule has 0 aliphatic rings. The number of carbonyl (C=O) groups excluding carboxylic acids is 1. The molecular formula is C11H15N3O4. The number of carboxylic acids is 1. The molecule has 0 spiro atoms. The molecule has 7 nitrogen and oxygen atoms in total. The number of nitrogens with zero attached hydrogens (tertiary/aromatic N) is 1. The van der Waals surface area contributed by atoms with Crippen LogP contribution < -0.4 is 10.6 Å². The number of urea groups is 1. The maximum absolute atomic E-state index is 11.4. The summed E-state index contributed by atoms with van der Waals surface area (Å²) >= 11 is 0. The number of aliphatic hydroxyl groups excluding tert-OH is 1. The quantitative estimate of drug-likeness (QED) is 0.572. The highest BCUT2D eigenvalue weighted by molar-refractivity contribution is 5.82. The molecule has 0 saturated heterocycles. The molecule has 1 heterocycles. The summed E-state index contributed by atoms with van der Waals surface area (Å²) in [6.45, 7) is 1.46. The lowest BCUT2D eigenvalue weighted by Crippen LogP contribution is -2.47. The van der Waals surface area contributed by atoms with Crippen molar-refractivity contribution < 1.29 is 19.8 Å². The molecular weight excluding hydrogens is 238 g/mol. The van der Waals surface area contributed by atoms with Gasteiger partial charge in [-0.1, -0.05) is 0 Å². The molecule has 0 bridgehead atoms. The smallest absolute Gasteiger partial charge is 0.328 e. The van der Waals surface area contributed by atoms with Crippen molar-refractivity contribution in [3.63, 3.8) is 0 Å². The van der Waals surface area contributed by atoms with E-state index in [0.29, 0.717) is 0 Å². The van der Waals surface area contributed by atoms with E-state index >= 15 is 0 Å². The standard InChI is InChI=1S/C11H15N3O4/c1-7-4-12-3-2-8(7)5-13-11(18)14-9(6-15)10(16)17/h2-4,9,15H,5-6H2,1H3,(H,16,17)(H2,13,14,18)/t9-/m1/s1. The molecule has 4 N–H and O–H groups in total. The summed E-state index contributed by atoms with van der Waals surface area (Å²) in [6.07, 6.45) is 3.28. The molecule has 0 fully saturated rings. The monoisotopic (exact) mass is 253 g/mol. The third-order valence-corrected chi connectivity index (χ3v) is 2.36. The fraction of sp³-hybridized carbons (Fsp3) is 0.364. The van der Waals surface area contributed by atoms with Crippen LogP contribution in [-0.2, 0) is 11.3 Å². The predicted molar refractivity (Wildman–Crippen MR) is 62.9 cm³/mol. The van der Waals surface area contributed by atoms with Crippen molar-refractivity contribution in [2.24, 2.45) is 0 Å². The molecule has 1 aromatic rings. The number of aliphatic carboxylic acids is 1. The summed E-state index contributed by atoms with van der Waals surface area (Å²) in [5.74, 6) is -1.28. The fourth-order valence-corrected chi connectivity index (χ4v) is 1.27. The van der Waals surface area contributed by atoms with Crippen molar-refractivity contribution in [1.82, 2.24) is 15.6 Å². The molecule has 0 saturated carbocycles. The van der Waals surface area contributed by atoms with Crippen LogP contribution in [0.1, 0.15) is 11.1 Å².